The summed E-state index contributed by atoms with van der Waals surface area (Å²) in [7, 11) is 1.70. The van der Waals surface area contributed by atoms with Gasteiger partial charge in [-0.3, -0.25) is 0 Å². The molecule has 0 bridgehead atoms. The van der Waals surface area contributed by atoms with Crippen molar-refractivity contribution < 1.29 is 4.74 Å². The van der Waals surface area contributed by atoms with Crippen molar-refractivity contribution in [2.45, 2.75) is 37.0 Å². The minimum Gasteiger partial charge on any atom is -0.497 e. The van der Waals surface area contributed by atoms with E-state index in [2.05, 4.69) is 19.1 Å². The standard InChI is InChI=1S/C13H17ClO/c1-13(8-7-11(14)9-13)10-3-5-12(15-2)6-4-10/h3-6,11H,7-9H2,1-2H3. The van der Waals surface area contributed by atoms with E-state index in [0.29, 0.717) is 5.38 Å². The largest absolute Gasteiger partial charge is 0.497 e. The van der Waals surface area contributed by atoms with E-state index < -0.39 is 0 Å². The maximum atomic E-state index is 6.18. The Morgan fingerprint density at radius 2 is 2.00 bits per heavy atom. The molecule has 0 radical (unpaired) electrons. The van der Waals surface area contributed by atoms with E-state index >= 15 is 0 Å². The lowest BCUT2D eigenvalue weighted by Gasteiger charge is -2.24. The molecule has 1 aromatic carbocycles. The molecule has 0 aromatic heterocycles. The first-order valence-corrected chi connectivity index (χ1v) is 5.86. The zero-order valence-electron chi connectivity index (χ0n) is 9.29. The lowest BCUT2D eigenvalue weighted by Crippen LogP contribution is -2.17. The molecule has 0 spiro atoms. The van der Waals surface area contributed by atoms with Crippen LogP contribution >= 0.6 is 11.6 Å². The second-order valence-corrected chi connectivity index (χ2v) is 5.25. The van der Waals surface area contributed by atoms with E-state index in [1.807, 2.05) is 12.1 Å². The molecule has 0 amide bonds. The number of benzene rings is 1. The van der Waals surface area contributed by atoms with Gasteiger partial charge >= 0.3 is 0 Å². The molecule has 82 valence electrons. The molecule has 2 unspecified atom stereocenters. The fraction of sp³-hybridized carbons (Fsp3) is 0.538. The van der Waals surface area contributed by atoms with Crippen LogP contribution in [0.15, 0.2) is 24.3 Å². The molecular formula is C13H17ClO. The van der Waals surface area contributed by atoms with Gasteiger partial charge in [-0.25, -0.2) is 0 Å². The third kappa shape index (κ3) is 2.12. The first-order chi connectivity index (χ1) is 7.14. The Bertz CT molecular complexity index is 333. The van der Waals surface area contributed by atoms with Crippen LogP contribution in [0.25, 0.3) is 0 Å². The van der Waals surface area contributed by atoms with Gasteiger partial charge in [-0.05, 0) is 42.4 Å². The Balaban J connectivity index is 2.22. The van der Waals surface area contributed by atoms with Gasteiger partial charge in [0.15, 0.2) is 0 Å². The molecule has 1 aliphatic rings. The molecule has 0 heterocycles. The first-order valence-electron chi connectivity index (χ1n) is 5.43. The zero-order chi connectivity index (χ0) is 10.9. The van der Waals surface area contributed by atoms with Crippen molar-refractivity contribution in [2.24, 2.45) is 0 Å². The van der Waals surface area contributed by atoms with E-state index in [1.165, 1.54) is 12.0 Å². The minimum atomic E-state index is 0.263. The van der Waals surface area contributed by atoms with Crippen molar-refractivity contribution in [3.63, 3.8) is 0 Å². The number of methoxy groups -OCH3 is 1. The summed E-state index contributed by atoms with van der Waals surface area (Å²) in [5.41, 5.74) is 1.64. The highest BCUT2D eigenvalue weighted by Gasteiger charge is 2.35. The second kappa shape index (κ2) is 4.05. The van der Waals surface area contributed by atoms with Gasteiger partial charge in [-0.2, -0.15) is 0 Å². The molecule has 1 fully saturated rings. The predicted octanol–water partition coefficient (Wildman–Crippen LogP) is 3.74. The molecule has 1 nitrogen and oxygen atoms in total. The molecule has 2 heteroatoms. The van der Waals surface area contributed by atoms with Crippen LogP contribution in [-0.4, -0.2) is 12.5 Å². The Hall–Kier alpha value is -0.690. The second-order valence-electron chi connectivity index (χ2n) is 4.63. The van der Waals surface area contributed by atoms with Crippen molar-refractivity contribution in [1.29, 1.82) is 0 Å². The number of ether oxygens (including phenoxy) is 1. The molecular weight excluding hydrogens is 208 g/mol. The number of rotatable bonds is 2. The highest BCUT2D eigenvalue weighted by molar-refractivity contribution is 6.20. The molecule has 2 atom stereocenters. The van der Waals surface area contributed by atoms with Gasteiger partial charge in [0.25, 0.3) is 0 Å². The zero-order valence-corrected chi connectivity index (χ0v) is 10.1. The van der Waals surface area contributed by atoms with Gasteiger partial charge < -0.3 is 4.74 Å². The molecule has 0 N–H and O–H groups in total. The first kappa shape index (κ1) is 10.8. The summed E-state index contributed by atoms with van der Waals surface area (Å²) in [6, 6.07) is 8.38. The van der Waals surface area contributed by atoms with Crippen molar-refractivity contribution in [3.05, 3.63) is 29.8 Å². The molecule has 1 saturated carbocycles. The Kier molecular flexibility index (Phi) is 2.92. The van der Waals surface area contributed by atoms with E-state index in [4.69, 9.17) is 16.3 Å². The Morgan fingerprint density at radius 1 is 1.33 bits per heavy atom. The SMILES string of the molecule is COc1ccc(C2(C)CCC(Cl)C2)cc1. The average Bonchev–Trinajstić information content (AvgIpc) is 2.60. The smallest absolute Gasteiger partial charge is 0.118 e. The van der Waals surface area contributed by atoms with E-state index in [1.54, 1.807) is 7.11 Å². The van der Waals surface area contributed by atoms with E-state index in [-0.39, 0.29) is 5.41 Å². The van der Waals surface area contributed by atoms with Crippen LogP contribution in [0.3, 0.4) is 0 Å². The predicted molar refractivity (Wildman–Crippen MR) is 63.8 cm³/mol. The number of hydrogen-bond acceptors (Lipinski definition) is 1. The summed E-state index contributed by atoms with van der Waals surface area (Å²) in [5.74, 6) is 0.919. The van der Waals surface area contributed by atoms with Gasteiger partial charge in [0.2, 0.25) is 0 Å². The number of hydrogen-bond donors (Lipinski definition) is 0. The van der Waals surface area contributed by atoms with Crippen molar-refractivity contribution in [3.8, 4) is 5.75 Å². The highest BCUT2D eigenvalue weighted by Crippen LogP contribution is 2.43. The van der Waals surface area contributed by atoms with E-state index in [0.717, 1.165) is 18.6 Å². The normalized spacial score (nSPS) is 30.5. The molecule has 1 aliphatic carbocycles. The maximum Gasteiger partial charge on any atom is 0.118 e. The number of alkyl halides is 1. The van der Waals surface area contributed by atoms with E-state index in [9.17, 15) is 0 Å². The van der Waals surface area contributed by atoms with Gasteiger partial charge in [-0.15, -0.1) is 11.6 Å². The molecule has 15 heavy (non-hydrogen) atoms. The molecule has 0 saturated heterocycles. The van der Waals surface area contributed by atoms with Gasteiger partial charge in [0, 0.05) is 5.38 Å². The third-order valence-corrected chi connectivity index (χ3v) is 3.84. The quantitative estimate of drug-likeness (QED) is 0.696. The van der Waals surface area contributed by atoms with Crippen LogP contribution in [0, 0.1) is 0 Å². The summed E-state index contributed by atoms with van der Waals surface area (Å²) in [6.45, 7) is 2.30. The van der Waals surface area contributed by atoms with Crippen LogP contribution in [0.5, 0.6) is 5.75 Å². The van der Waals surface area contributed by atoms with Gasteiger partial charge in [0.05, 0.1) is 7.11 Å². The topological polar surface area (TPSA) is 9.23 Å². The fourth-order valence-corrected chi connectivity index (χ4v) is 2.87. The molecule has 2 rings (SSSR count). The van der Waals surface area contributed by atoms with Crippen molar-refractivity contribution in [1.82, 2.24) is 0 Å². The van der Waals surface area contributed by atoms with Crippen molar-refractivity contribution in [2.75, 3.05) is 7.11 Å². The van der Waals surface area contributed by atoms with Crippen LogP contribution < -0.4 is 4.74 Å². The third-order valence-electron chi connectivity index (χ3n) is 3.47. The lowest BCUT2D eigenvalue weighted by molar-refractivity contribution is 0.413. The maximum absolute atomic E-state index is 6.18. The van der Waals surface area contributed by atoms with Gasteiger partial charge in [0.1, 0.15) is 5.75 Å². The van der Waals surface area contributed by atoms with Crippen LogP contribution in [0.2, 0.25) is 0 Å². The Morgan fingerprint density at radius 3 is 2.47 bits per heavy atom. The summed E-state index contributed by atoms with van der Waals surface area (Å²) in [4.78, 5) is 0. The Labute approximate surface area is 96.4 Å². The van der Waals surface area contributed by atoms with Crippen LogP contribution in [0.4, 0.5) is 0 Å². The van der Waals surface area contributed by atoms with Crippen LogP contribution in [0.1, 0.15) is 31.7 Å². The van der Waals surface area contributed by atoms with Crippen molar-refractivity contribution >= 4 is 11.6 Å². The highest BCUT2D eigenvalue weighted by atomic mass is 35.5. The van der Waals surface area contributed by atoms with Gasteiger partial charge in [-0.1, -0.05) is 19.1 Å². The number of halogens is 1. The summed E-state index contributed by atoms with van der Waals surface area (Å²) in [5, 5.41) is 0.345. The van der Waals surface area contributed by atoms with Crippen LogP contribution in [-0.2, 0) is 5.41 Å². The average molecular weight is 225 g/mol. The minimum absolute atomic E-state index is 0.263. The molecule has 1 aromatic rings. The summed E-state index contributed by atoms with van der Waals surface area (Å²) >= 11 is 6.18. The summed E-state index contributed by atoms with van der Waals surface area (Å²) < 4.78 is 5.16. The molecule has 0 aliphatic heterocycles. The summed E-state index contributed by atoms with van der Waals surface area (Å²) in [6.07, 6.45) is 3.40. The lowest BCUT2D eigenvalue weighted by atomic mass is 9.81. The monoisotopic (exact) mass is 224 g/mol. The fourth-order valence-electron chi connectivity index (χ4n) is 2.42.